The quantitative estimate of drug-likeness (QED) is 0.449. The van der Waals surface area contributed by atoms with Gasteiger partial charge in [0.1, 0.15) is 5.76 Å². The Morgan fingerprint density at radius 3 is 2.93 bits per heavy atom. The highest BCUT2D eigenvalue weighted by atomic mass is 32.2. The second-order valence-corrected chi connectivity index (χ2v) is 6.91. The van der Waals surface area contributed by atoms with Crippen molar-refractivity contribution < 1.29 is 18.7 Å². The molecule has 0 atom stereocenters. The summed E-state index contributed by atoms with van der Waals surface area (Å²) in [5, 5.41) is 14.7. The molecule has 0 spiro atoms. The van der Waals surface area contributed by atoms with Gasteiger partial charge in [0.05, 0.1) is 24.2 Å². The van der Waals surface area contributed by atoms with E-state index in [2.05, 4.69) is 20.8 Å². The Bertz CT molecular complexity index is 955. The number of carbonyl (C=O) groups excluding carboxylic acids is 2. The molecule has 0 aliphatic rings. The lowest BCUT2D eigenvalue weighted by atomic mass is 10.1. The number of benzene rings is 1. The molecular weight excluding hydrogens is 382 g/mol. The van der Waals surface area contributed by atoms with Crippen LogP contribution >= 0.6 is 11.8 Å². The summed E-state index contributed by atoms with van der Waals surface area (Å²) in [5.74, 6) is -0.339. The van der Waals surface area contributed by atoms with Gasteiger partial charge in [-0.1, -0.05) is 23.9 Å². The monoisotopic (exact) mass is 401 g/mol. The van der Waals surface area contributed by atoms with Gasteiger partial charge in [-0.05, 0) is 53.6 Å². The molecule has 1 N–H and O–H groups in total. The summed E-state index contributed by atoms with van der Waals surface area (Å²) in [6.07, 6.45) is 1.52. The van der Waals surface area contributed by atoms with Gasteiger partial charge in [-0.2, -0.15) is 4.68 Å². The van der Waals surface area contributed by atoms with E-state index in [1.54, 1.807) is 16.8 Å². The van der Waals surface area contributed by atoms with Gasteiger partial charge in [-0.3, -0.25) is 9.59 Å². The molecule has 0 aliphatic carbocycles. The van der Waals surface area contributed by atoms with Gasteiger partial charge >= 0.3 is 5.97 Å². The van der Waals surface area contributed by atoms with E-state index in [0.717, 1.165) is 28.6 Å². The molecule has 0 saturated carbocycles. The van der Waals surface area contributed by atoms with Crippen LogP contribution in [-0.4, -0.2) is 44.4 Å². The van der Waals surface area contributed by atoms with Crippen LogP contribution in [0, 0.1) is 13.8 Å². The van der Waals surface area contributed by atoms with E-state index in [1.165, 1.54) is 6.26 Å². The molecule has 0 radical (unpaired) electrons. The summed E-state index contributed by atoms with van der Waals surface area (Å²) < 4.78 is 11.7. The highest BCUT2D eigenvalue weighted by Gasteiger charge is 2.15. The standard InChI is InChI=1S/C18H19N5O4S/c1-12-5-6-13(2)15(8-12)23-18(20-21-22-23)28-11-17(25)27-10-16(24)19-9-14-4-3-7-26-14/h3-8H,9-11H2,1-2H3,(H,19,24). The number of thioether (sulfide) groups is 1. The average Bonchev–Trinajstić information content (AvgIpc) is 3.36. The number of hydrogen-bond acceptors (Lipinski definition) is 8. The highest BCUT2D eigenvalue weighted by molar-refractivity contribution is 7.99. The zero-order valence-electron chi connectivity index (χ0n) is 15.4. The molecule has 0 aliphatic heterocycles. The lowest BCUT2D eigenvalue weighted by Gasteiger charge is -2.08. The Kier molecular flexibility index (Phi) is 6.43. The molecule has 0 bridgehead atoms. The van der Waals surface area contributed by atoms with Crippen molar-refractivity contribution in [3.63, 3.8) is 0 Å². The van der Waals surface area contributed by atoms with Crippen molar-refractivity contribution in [2.24, 2.45) is 0 Å². The van der Waals surface area contributed by atoms with Crippen molar-refractivity contribution in [3.05, 3.63) is 53.5 Å². The first kappa shape index (κ1) is 19.6. The second-order valence-electron chi connectivity index (χ2n) is 5.97. The van der Waals surface area contributed by atoms with Gasteiger partial charge in [0.15, 0.2) is 6.61 Å². The maximum absolute atomic E-state index is 11.9. The number of aryl methyl sites for hydroxylation is 2. The third kappa shape index (κ3) is 5.19. The zero-order chi connectivity index (χ0) is 19.9. The normalized spacial score (nSPS) is 10.6. The number of rotatable bonds is 8. The molecule has 28 heavy (non-hydrogen) atoms. The molecule has 146 valence electrons. The number of tetrazole rings is 1. The Morgan fingerprint density at radius 1 is 1.29 bits per heavy atom. The maximum Gasteiger partial charge on any atom is 0.316 e. The van der Waals surface area contributed by atoms with E-state index in [4.69, 9.17) is 9.15 Å². The van der Waals surface area contributed by atoms with Gasteiger partial charge in [0, 0.05) is 0 Å². The minimum Gasteiger partial charge on any atom is -0.467 e. The van der Waals surface area contributed by atoms with Crippen LogP contribution in [0.5, 0.6) is 0 Å². The zero-order valence-corrected chi connectivity index (χ0v) is 16.2. The van der Waals surface area contributed by atoms with E-state index >= 15 is 0 Å². The van der Waals surface area contributed by atoms with Gasteiger partial charge < -0.3 is 14.5 Å². The predicted octanol–water partition coefficient (Wildman–Crippen LogP) is 1.82. The first-order valence-electron chi connectivity index (χ1n) is 8.46. The van der Waals surface area contributed by atoms with Gasteiger partial charge in [-0.15, -0.1) is 5.10 Å². The van der Waals surface area contributed by atoms with E-state index < -0.39 is 11.9 Å². The van der Waals surface area contributed by atoms with Crippen molar-refractivity contribution >= 4 is 23.6 Å². The van der Waals surface area contributed by atoms with Crippen LogP contribution in [0.3, 0.4) is 0 Å². The largest absolute Gasteiger partial charge is 0.467 e. The van der Waals surface area contributed by atoms with Crippen LogP contribution in [0.25, 0.3) is 5.69 Å². The molecule has 3 rings (SSSR count). The van der Waals surface area contributed by atoms with E-state index in [-0.39, 0.29) is 18.9 Å². The third-order valence-electron chi connectivity index (χ3n) is 3.76. The number of aromatic nitrogens is 4. The number of ether oxygens (including phenoxy) is 1. The van der Waals surface area contributed by atoms with E-state index in [1.807, 2.05) is 32.0 Å². The lowest BCUT2D eigenvalue weighted by molar-refractivity contribution is -0.146. The van der Waals surface area contributed by atoms with Crippen molar-refractivity contribution in [2.45, 2.75) is 25.5 Å². The molecule has 2 aromatic heterocycles. The molecule has 2 heterocycles. The van der Waals surface area contributed by atoms with Crippen LogP contribution < -0.4 is 5.32 Å². The molecule has 1 amide bonds. The summed E-state index contributed by atoms with van der Waals surface area (Å²) in [6.45, 7) is 3.82. The fraction of sp³-hybridized carbons (Fsp3) is 0.278. The number of nitrogens with zero attached hydrogens (tertiary/aromatic N) is 4. The number of nitrogens with one attached hydrogen (secondary N) is 1. The second kappa shape index (κ2) is 9.18. The van der Waals surface area contributed by atoms with E-state index in [0.29, 0.717) is 10.9 Å². The number of furan rings is 1. The Hall–Kier alpha value is -3.14. The van der Waals surface area contributed by atoms with Crippen molar-refractivity contribution in [1.82, 2.24) is 25.5 Å². The molecule has 1 aromatic carbocycles. The SMILES string of the molecule is Cc1ccc(C)c(-n2nnnc2SCC(=O)OCC(=O)NCc2ccco2)c1. The fourth-order valence-corrected chi connectivity index (χ4v) is 3.01. The van der Waals surface area contributed by atoms with Crippen LogP contribution in [0.1, 0.15) is 16.9 Å². The van der Waals surface area contributed by atoms with Crippen molar-refractivity contribution in [3.8, 4) is 5.69 Å². The molecule has 3 aromatic rings. The van der Waals surface area contributed by atoms with Gasteiger partial charge in [-0.25, -0.2) is 0 Å². The summed E-state index contributed by atoms with van der Waals surface area (Å²) in [4.78, 5) is 23.6. The number of carbonyl (C=O) groups is 2. The third-order valence-corrected chi connectivity index (χ3v) is 4.65. The first-order chi connectivity index (χ1) is 13.5. The van der Waals surface area contributed by atoms with Gasteiger partial charge in [0.25, 0.3) is 5.91 Å². The van der Waals surface area contributed by atoms with Crippen molar-refractivity contribution in [1.29, 1.82) is 0 Å². The average molecular weight is 401 g/mol. The number of esters is 1. The van der Waals surface area contributed by atoms with Crippen LogP contribution in [0.2, 0.25) is 0 Å². The van der Waals surface area contributed by atoms with Crippen molar-refractivity contribution in [2.75, 3.05) is 12.4 Å². The summed E-state index contributed by atoms with van der Waals surface area (Å²) in [5.41, 5.74) is 2.93. The summed E-state index contributed by atoms with van der Waals surface area (Å²) in [6, 6.07) is 9.42. The molecule has 10 heteroatoms. The molecule has 0 unspecified atom stereocenters. The van der Waals surface area contributed by atoms with Gasteiger partial charge in [0.2, 0.25) is 5.16 Å². The molecule has 0 fully saturated rings. The van der Waals surface area contributed by atoms with Crippen LogP contribution in [0.15, 0.2) is 46.2 Å². The highest BCUT2D eigenvalue weighted by Crippen LogP contribution is 2.21. The Labute approximate surface area is 165 Å². The Morgan fingerprint density at radius 2 is 2.14 bits per heavy atom. The molecular formula is C18H19N5O4S. The summed E-state index contributed by atoms with van der Waals surface area (Å²) >= 11 is 1.14. The number of hydrogen-bond donors (Lipinski definition) is 1. The molecule has 0 saturated heterocycles. The predicted molar refractivity (Wildman–Crippen MR) is 101 cm³/mol. The lowest BCUT2D eigenvalue weighted by Crippen LogP contribution is -2.28. The Balaban J connectivity index is 1.48. The van der Waals surface area contributed by atoms with Crippen LogP contribution in [0.4, 0.5) is 0 Å². The molecule has 9 nitrogen and oxygen atoms in total. The maximum atomic E-state index is 11.9. The first-order valence-corrected chi connectivity index (χ1v) is 9.45. The number of amides is 1. The topological polar surface area (TPSA) is 112 Å². The van der Waals surface area contributed by atoms with E-state index in [9.17, 15) is 9.59 Å². The summed E-state index contributed by atoms with van der Waals surface area (Å²) in [7, 11) is 0. The smallest absolute Gasteiger partial charge is 0.316 e. The minimum absolute atomic E-state index is 0.0172. The van der Waals surface area contributed by atoms with Crippen LogP contribution in [-0.2, 0) is 20.9 Å². The fourth-order valence-electron chi connectivity index (χ4n) is 2.33. The minimum atomic E-state index is -0.534.